The Labute approximate surface area is 152 Å². The van der Waals surface area contributed by atoms with Crippen molar-refractivity contribution in [2.24, 2.45) is 0 Å². The van der Waals surface area contributed by atoms with Gasteiger partial charge in [0.1, 0.15) is 0 Å². The summed E-state index contributed by atoms with van der Waals surface area (Å²) in [5, 5.41) is 6.05. The standard InChI is InChI=1S/C19H24N4OS/c1-2-23-17-7-6-14-15(18(17)21-19(23)25)4-3-5-16(14)20-8-9-22-10-12-24-13-11-22/h3-7,20H,2,8-13H2,1H3,(H,21,25). The van der Waals surface area contributed by atoms with Gasteiger partial charge in [0.15, 0.2) is 4.77 Å². The third kappa shape index (κ3) is 3.17. The second-order valence-corrected chi connectivity index (χ2v) is 6.80. The fraction of sp³-hybridized carbons (Fsp3) is 0.421. The van der Waals surface area contributed by atoms with E-state index in [2.05, 4.69) is 57.0 Å². The zero-order valence-electron chi connectivity index (χ0n) is 14.5. The van der Waals surface area contributed by atoms with Crippen molar-refractivity contribution < 1.29 is 4.74 Å². The van der Waals surface area contributed by atoms with Gasteiger partial charge in [0, 0.05) is 49.2 Å². The molecule has 2 N–H and O–H groups in total. The summed E-state index contributed by atoms with van der Waals surface area (Å²) in [6.45, 7) is 8.72. The lowest BCUT2D eigenvalue weighted by Crippen LogP contribution is -2.39. The number of rotatable bonds is 5. The van der Waals surface area contributed by atoms with Crippen LogP contribution in [0.1, 0.15) is 6.92 Å². The highest BCUT2D eigenvalue weighted by Gasteiger charge is 2.11. The lowest BCUT2D eigenvalue weighted by atomic mass is 10.1. The predicted molar refractivity (Wildman–Crippen MR) is 106 cm³/mol. The van der Waals surface area contributed by atoms with Crippen LogP contribution in [0.2, 0.25) is 0 Å². The number of imidazole rings is 1. The minimum Gasteiger partial charge on any atom is -0.383 e. The van der Waals surface area contributed by atoms with Gasteiger partial charge in [-0.05, 0) is 31.3 Å². The number of aryl methyl sites for hydroxylation is 1. The van der Waals surface area contributed by atoms with E-state index in [0.717, 1.165) is 56.2 Å². The Kier molecular flexibility index (Phi) is 4.74. The number of nitrogens with zero attached hydrogens (tertiary/aromatic N) is 2. The average Bonchev–Trinajstić information content (AvgIpc) is 2.98. The van der Waals surface area contributed by atoms with Crippen LogP contribution in [0, 0.1) is 4.77 Å². The van der Waals surface area contributed by atoms with Crippen LogP contribution in [-0.2, 0) is 11.3 Å². The van der Waals surface area contributed by atoms with Crippen molar-refractivity contribution in [3.63, 3.8) is 0 Å². The van der Waals surface area contributed by atoms with E-state index in [-0.39, 0.29) is 0 Å². The van der Waals surface area contributed by atoms with Crippen LogP contribution in [0.15, 0.2) is 30.3 Å². The number of fused-ring (bicyclic) bond motifs is 3. The lowest BCUT2D eigenvalue weighted by molar-refractivity contribution is 0.0398. The maximum absolute atomic E-state index is 5.47. The summed E-state index contributed by atoms with van der Waals surface area (Å²) in [5.41, 5.74) is 3.47. The monoisotopic (exact) mass is 356 g/mol. The SMILES string of the molecule is CCn1c(=S)[nH]c2c3cccc(NCCN4CCOCC4)c3ccc21. The Hall–Kier alpha value is -1.89. The molecule has 0 unspecified atom stereocenters. The molecule has 2 aromatic carbocycles. The van der Waals surface area contributed by atoms with Crippen molar-refractivity contribution in [2.45, 2.75) is 13.5 Å². The zero-order valence-corrected chi connectivity index (χ0v) is 15.4. The van der Waals surface area contributed by atoms with Crippen molar-refractivity contribution in [2.75, 3.05) is 44.7 Å². The van der Waals surface area contributed by atoms with E-state index >= 15 is 0 Å². The molecular formula is C19H24N4OS. The van der Waals surface area contributed by atoms with Gasteiger partial charge < -0.3 is 19.6 Å². The van der Waals surface area contributed by atoms with E-state index < -0.39 is 0 Å². The largest absolute Gasteiger partial charge is 0.383 e. The topological polar surface area (TPSA) is 45.2 Å². The van der Waals surface area contributed by atoms with Crippen LogP contribution < -0.4 is 5.32 Å². The van der Waals surface area contributed by atoms with Crippen LogP contribution in [0.25, 0.3) is 21.8 Å². The van der Waals surface area contributed by atoms with Gasteiger partial charge in [-0.2, -0.15) is 0 Å². The molecule has 0 aliphatic carbocycles. The first kappa shape index (κ1) is 16.6. The highest BCUT2D eigenvalue weighted by atomic mass is 32.1. The molecule has 1 aliphatic heterocycles. The molecule has 2 heterocycles. The van der Waals surface area contributed by atoms with E-state index in [1.54, 1.807) is 0 Å². The summed E-state index contributed by atoms with van der Waals surface area (Å²) < 4.78 is 8.34. The normalized spacial score (nSPS) is 15.9. The Balaban J connectivity index is 1.61. The maximum atomic E-state index is 5.47. The summed E-state index contributed by atoms with van der Waals surface area (Å²) in [4.78, 5) is 5.83. The quantitative estimate of drug-likeness (QED) is 0.686. The van der Waals surface area contributed by atoms with Gasteiger partial charge in [0.2, 0.25) is 0 Å². The first-order chi connectivity index (χ1) is 12.3. The second-order valence-electron chi connectivity index (χ2n) is 6.42. The van der Waals surface area contributed by atoms with Crippen LogP contribution in [0.5, 0.6) is 0 Å². The molecule has 0 spiro atoms. The number of ether oxygens (including phenoxy) is 1. The number of hydrogen-bond acceptors (Lipinski definition) is 4. The first-order valence-corrected chi connectivity index (χ1v) is 9.37. The number of benzene rings is 2. The van der Waals surface area contributed by atoms with Crippen LogP contribution in [-0.4, -0.2) is 53.8 Å². The molecule has 6 heteroatoms. The molecule has 0 saturated carbocycles. The fourth-order valence-electron chi connectivity index (χ4n) is 3.63. The highest BCUT2D eigenvalue weighted by Crippen LogP contribution is 2.30. The number of anilines is 1. The van der Waals surface area contributed by atoms with Crippen molar-refractivity contribution in [1.82, 2.24) is 14.5 Å². The Morgan fingerprint density at radius 3 is 2.80 bits per heavy atom. The highest BCUT2D eigenvalue weighted by molar-refractivity contribution is 7.71. The van der Waals surface area contributed by atoms with Gasteiger partial charge in [-0.1, -0.05) is 18.2 Å². The third-order valence-electron chi connectivity index (χ3n) is 4.97. The van der Waals surface area contributed by atoms with E-state index in [4.69, 9.17) is 17.0 Å². The molecule has 132 valence electrons. The fourth-order valence-corrected chi connectivity index (χ4v) is 3.96. The molecule has 1 aromatic heterocycles. The first-order valence-electron chi connectivity index (χ1n) is 8.96. The molecule has 0 atom stereocenters. The zero-order chi connectivity index (χ0) is 17.2. The van der Waals surface area contributed by atoms with Crippen LogP contribution in [0.3, 0.4) is 0 Å². The second kappa shape index (κ2) is 7.15. The molecule has 1 saturated heterocycles. The number of hydrogen-bond donors (Lipinski definition) is 2. The lowest BCUT2D eigenvalue weighted by Gasteiger charge is -2.26. The van der Waals surface area contributed by atoms with Crippen molar-refractivity contribution in [3.8, 4) is 0 Å². The number of nitrogens with one attached hydrogen (secondary N) is 2. The molecule has 0 amide bonds. The van der Waals surface area contributed by atoms with Crippen molar-refractivity contribution >= 4 is 39.7 Å². The Morgan fingerprint density at radius 1 is 1.16 bits per heavy atom. The van der Waals surface area contributed by atoms with Crippen LogP contribution in [0.4, 0.5) is 5.69 Å². The van der Waals surface area contributed by atoms with Gasteiger partial charge in [-0.25, -0.2) is 0 Å². The predicted octanol–water partition coefficient (Wildman–Crippen LogP) is 3.62. The van der Waals surface area contributed by atoms with E-state index in [1.807, 2.05) is 0 Å². The van der Waals surface area contributed by atoms with Crippen molar-refractivity contribution in [1.29, 1.82) is 0 Å². The molecule has 1 fully saturated rings. The summed E-state index contributed by atoms with van der Waals surface area (Å²) in [6.07, 6.45) is 0. The Morgan fingerprint density at radius 2 is 2.00 bits per heavy atom. The van der Waals surface area contributed by atoms with Gasteiger partial charge >= 0.3 is 0 Å². The molecular weight excluding hydrogens is 332 g/mol. The molecule has 1 aliphatic rings. The number of aromatic nitrogens is 2. The van der Waals surface area contributed by atoms with E-state index in [0.29, 0.717) is 0 Å². The third-order valence-corrected chi connectivity index (χ3v) is 5.29. The van der Waals surface area contributed by atoms with Gasteiger partial charge in [0.25, 0.3) is 0 Å². The van der Waals surface area contributed by atoms with Crippen LogP contribution >= 0.6 is 12.2 Å². The van der Waals surface area contributed by atoms with Gasteiger partial charge in [0.05, 0.1) is 24.2 Å². The summed E-state index contributed by atoms with van der Waals surface area (Å²) in [6, 6.07) is 10.8. The smallest absolute Gasteiger partial charge is 0.178 e. The molecule has 5 nitrogen and oxygen atoms in total. The van der Waals surface area contributed by atoms with E-state index in [1.165, 1.54) is 22.0 Å². The molecule has 0 radical (unpaired) electrons. The molecule has 25 heavy (non-hydrogen) atoms. The Bertz CT molecular complexity index is 940. The number of aromatic amines is 1. The molecule has 0 bridgehead atoms. The minimum absolute atomic E-state index is 0.788. The minimum atomic E-state index is 0.788. The summed E-state index contributed by atoms with van der Waals surface area (Å²) >= 11 is 5.47. The molecule has 4 rings (SSSR count). The van der Waals surface area contributed by atoms with Gasteiger partial charge in [-0.15, -0.1) is 0 Å². The maximum Gasteiger partial charge on any atom is 0.178 e. The van der Waals surface area contributed by atoms with Crippen molar-refractivity contribution in [3.05, 3.63) is 35.1 Å². The summed E-state index contributed by atoms with van der Waals surface area (Å²) in [7, 11) is 0. The number of morpholine rings is 1. The van der Waals surface area contributed by atoms with E-state index in [9.17, 15) is 0 Å². The average molecular weight is 356 g/mol. The number of H-pyrrole nitrogens is 1. The van der Waals surface area contributed by atoms with Gasteiger partial charge in [-0.3, -0.25) is 4.90 Å². The summed E-state index contributed by atoms with van der Waals surface area (Å²) in [5.74, 6) is 0. The molecule has 3 aromatic rings.